The van der Waals surface area contributed by atoms with Gasteiger partial charge in [0.2, 0.25) is 0 Å². The zero-order valence-corrected chi connectivity index (χ0v) is 10.4. The predicted molar refractivity (Wildman–Crippen MR) is 68.2 cm³/mol. The van der Waals surface area contributed by atoms with Crippen LogP contribution in [0.3, 0.4) is 0 Å². The van der Waals surface area contributed by atoms with E-state index in [4.69, 9.17) is 0 Å². The Morgan fingerprint density at radius 1 is 1.25 bits per heavy atom. The van der Waals surface area contributed by atoms with Gasteiger partial charge in [-0.3, -0.25) is 4.98 Å². The number of pyridine rings is 1. The van der Waals surface area contributed by atoms with Crippen molar-refractivity contribution in [1.29, 1.82) is 0 Å². The van der Waals surface area contributed by atoms with Crippen molar-refractivity contribution in [3.63, 3.8) is 0 Å². The molecule has 2 rings (SSSR count). The Kier molecular flexibility index (Phi) is 2.89. The lowest BCUT2D eigenvalue weighted by molar-refractivity contribution is 0.629. The molecule has 84 valence electrons. The molecule has 0 fully saturated rings. The first kappa shape index (κ1) is 11.4. The summed E-state index contributed by atoms with van der Waals surface area (Å²) in [6.45, 7) is 4.32. The molecule has 2 aromatic rings. The molecule has 0 atom stereocenters. The van der Waals surface area contributed by atoms with Gasteiger partial charge in [-0.2, -0.15) is 11.8 Å². The highest BCUT2D eigenvalue weighted by atomic mass is 32.2. The quantitative estimate of drug-likeness (QED) is 0.781. The summed E-state index contributed by atoms with van der Waals surface area (Å²) < 4.78 is 13.1. The molecule has 16 heavy (non-hydrogen) atoms. The number of thioether (sulfide) groups is 1. The Bertz CT molecular complexity index is 522. The number of hydrogen-bond donors (Lipinski definition) is 0. The van der Waals surface area contributed by atoms with Crippen LogP contribution in [0.15, 0.2) is 30.5 Å². The van der Waals surface area contributed by atoms with Gasteiger partial charge >= 0.3 is 0 Å². The van der Waals surface area contributed by atoms with Gasteiger partial charge in [0.25, 0.3) is 0 Å². The van der Waals surface area contributed by atoms with E-state index < -0.39 is 0 Å². The molecule has 0 aliphatic carbocycles. The van der Waals surface area contributed by atoms with Gasteiger partial charge < -0.3 is 0 Å². The van der Waals surface area contributed by atoms with E-state index in [0.717, 1.165) is 10.9 Å². The second-order valence-electron chi connectivity index (χ2n) is 4.23. The maximum Gasteiger partial charge on any atom is 0.125 e. The van der Waals surface area contributed by atoms with Gasteiger partial charge in [-0.1, -0.05) is 0 Å². The van der Waals surface area contributed by atoms with Crippen LogP contribution in [0.25, 0.3) is 10.9 Å². The summed E-state index contributed by atoms with van der Waals surface area (Å²) in [5, 5.41) is 1.03. The summed E-state index contributed by atoms with van der Waals surface area (Å²) in [5.74, 6) is -0.237. The molecule has 1 aromatic heterocycles. The molecular weight excluding hydrogens is 221 g/mol. The third-order valence-corrected chi connectivity index (χ3v) is 4.10. The minimum atomic E-state index is -0.237. The number of hydrogen-bond acceptors (Lipinski definition) is 2. The van der Waals surface area contributed by atoms with Gasteiger partial charge in [0.05, 0.1) is 5.52 Å². The van der Waals surface area contributed by atoms with E-state index >= 15 is 0 Å². The van der Waals surface area contributed by atoms with E-state index in [1.54, 1.807) is 18.0 Å². The third-order valence-electron chi connectivity index (χ3n) is 2.86. The molecule has 0 radical (unpaired) electrons. The smallest absolute Gasteiger partial charge is 0.125 e. The molecule has 0 amide bonds. The highest BCUT2D eigenvalue weighted by Gasteiger charge is 2.21. The van der Waals surface area contributed by atoms with Crippen LogP contribution in [-0.2, 0) is 4.75 Å². The average Bonchev–Trinajstić information content (AvgIpc) is 2.27. The summed E-state index contributed by atoms with van der Waals surface area (Å²) in [4.78, 5) is 4.20. The summed E-state index contributed by atoms with van der Waals surface area (Å²) >= 11 is 1.78. The average molecular weight is 235 g/mol. The predicted octanol–water partition coefficient (Wildman–Crippen LogP) is 3.97. The van der Waals surface area contributed by atoms with Crippen LogP contribution in [0.4, 0.5) is 4.39 Å². The fourth-order valence-electron chi connectivity index (χ4n) is 1.76. The molecule has 1 nitrogen and oxygen atoms in total. The fraction of sp³-hybridized carbons (Fsp3) is 0.308. The minimum absolute atomic E-state index is 0.0129. The van der Waals surface area contributed by atoms with Crippen molar-refractivity contribution in [2.75, 3.05) is 6.26 Å². The normalized spacial score (nSPS) is 12.0. The van der Waals surface area contributed by atoms with Crippen molar-refractivity contribution in [2.24, 2.45) is 0 Å². The van der Waals surface area contributed by atoms with Crippen LogP contribution in [0.5, 0.6) is 0 Å². The molecule has 0 spiro atoms. The number of fused-ring (bicyclic) bond motifs is 1. The molecule has 1 heterocycles. The van der Waals surface area contributed by atoms with Gasteiger partial charge in [-0.25, -0.2) is 4.39 Å². The number of benzene rings is 1. The van der Waals surface area contributed by atoms with Crippen LogP contribution >= 0.6 is 11.8 Å². The highest BCUT2D eigenvalue weighted by Crippen LogP contribution is 2.37. The topological polar surface area (TPSA) is 12.9 Å². The van der Waals surface area contributed by atoms with E-state index in [2.05, 4.69) is 25.1 Å². The fourth-order valence-corrected chi connectivity index (χ4v) is 2.15. The number of aromatic nitrogens is 1. The molecule has 0 aliphatic rings. The van der Waals surface area contributed by atoms with Crippen molar-refractivity contribution in [3.8, 4) is 0 Å². The van der Waals surface area contributed by atoms with Gasteiger partial charge in [0.1, 0.15) is 5.82 Å². The van der Waals surface area contributed by atoms with Gasteiger partial charge in [-0.15, -0.1) is 0 Å². The zero-order chi connectivity index (χ0) is 11.8. The standard InChI is InChI=1S/C13H14FNS/c1-13(2,16-3)11-6-7-15-12-8-9(14)4-5-10(11)12/h4-8H,1-3H3. The molecule has 1 aromatic carbocycles. The lowest BCUT2D eigenvalue weighted by Gasteiger charge is -2.24. The lowest BCUT2D eigenvalue weighted by atomic mass is 9.98. The Morgan fingerprint density at radius 2 is 2.00 bits per heavy atom. The van der Waals surface area contributed by atoms with Crippen LogP contribution in [0.1, 0.15) is 19.4 Å². The second kappa shape index (κ2) is 4.06. The third kappa shape index (κ3) is 1.92. The summed E-state index contributed by atoms with van der Waals surface area (Å²) in [5.41, 5.74) is 1.92. The maximum atomic E-state index is 13.1. The molecule has 0 bridgehead atoms. The second-order valence-corrected chi connectivity index (χ2v) is 5.66. The molecule has 0 saturated carbocycles. The van der Waals surface area contributed by atoms with Crippen molar-refractivity contribution < 1.29 is 4.39 Å². The van der Waals surface area contributed by atoms with Crippen LogP contribution < -0.4 is 0 Å². The van der Waals surface area contributed by atoms with Crippen LogP contribution in [-0.4, -0.2) is 11.2 Å². The molecule has 0 N–H and O–H groups in total. The van der Waals surface area contributed by atoms with Crippen LogP contribution in [0, 0.1) is 5.82 Å². The summed E-state index contributed by atoms with van der Waals surface area (Å²) in [6.07, 6.45) is 3.82. The van der Waals surface area contributed by atoms with E-state index in [1.807, 2.05) is 12.1 Å². The van der Waals surface area contributed by atoms with Gasteiger partial charge in [-0.05, 0) is 43.9 Å². The first-order valence-corrected chi connectivity index (χ1v) is 6.37. The monoisotopic (exact) mass is 235 g/mol. The van der Waals surface area contributed by atoms with E-state index in [9.17, 15) is 4.39 Å². The van der Waals surface area contributed by atoms with Crippen molar-refractivity contribution in [3.05, 3.63) is 41.8 Å². The Labute approximate surface area is 99.1 Å². The van der Waals surface area contributed by atoms with E-state index in [0.29, 0.717) is 0 Å². The summed E-state index contributed by atoms with van der Waals surface area (Å²) in [7, 11) is 0. The molecular formula is C13H14FNS. The molecule has 0 unspecified atom stereocenters. The first-order chi connectivity index (χ1) is 7.54. The molecule has 0 aliphatic heterocycles. The van der Waals surface area contributed by atoms with Gasteiger partial charge in [0, 0.05) is 22.4 Å². The Hall–Kier alpha value is -1.09. The van der Waals surface area contributed by atoms with Crippen LogP contribution in [0.2, 0.25) is 0 Å². The number of nitrogens with zero attached hydrogens (tertiary/aromatic N) is 1. The SMILES string of the molecule is CSC(C)(C)c1ccnc2cc(F)ccc12. The molecule has 3 heteroatoms. The minimum Gasteiger partial charge on any atom is -0.256 e. The van der Waals surface area contributed by atoms with E-state index in [1.165, 1.54) is 17.7 Å². The zero-order valence-electron chi connectivity index (χ0n) is 9.62. The number of halogens is 1. The Morgan fingerprint density at radius 3 is 2.69 bits per heavy atom. The lowest BCUT2D eigenvalue weighted by Crippen LogP contribution is -2.12. The van der Waals surface area contributed by atoms with Crippen molar-refractivity contribution >= 4 is 22.7 Å². The highest BCUT2D eigenvalue weighted by molar-refractivity contribution is 7.99. The van der Waals surface area contributed by atoms with Crippen molar-refractivity contribution in [1.82, 2.24) is 4.98 Å². The molecule has 0 saturated heterocycles. The maximum absolute atomic E-state index is 13.1. The Balaban J connectivity index is 2.72. The van der Waals surface area contributed by atoms with Gasteiger partial charge in [0.15, 0.2) is 0 Å². The largest absolute Gasteiger partial charge is 0.256 e. The summed E-state index contributed by atoms with van der Waals surface area (Å²) in [6, 6.07) is 6.79. The van der Waals surface area contributed by atoms with Crippen molar-refractivity contribution in [2.45, 2.75) is 18.6 Å². The van der Waals surface area contributed by atoms with E-state index in [-0.39, 0.29) is 10.6 Å². The first-order valence-electron chi connectivity index (χ1n) is 5.14. The number of rotatable bonds is 2.